The summed E-state index contributed by atoms with van der Waals surface area (Å²) in [6.07, 6.45) is 0. The van der Waals surface area contributed by atoms with Crippen molar-refractivity contribution in [1.29, 1.82) is 0 Å². The van der Waals surface area contributed by atoms with Crippen molar-refractivity contribution < 1.29 is 108 Å². The van der Waals surface area contributed by atoms with Crippen LogP contribution in [-0.4, -0.2) is 0 Å². The van der Waals surface area contributed by atoms with Crippen LogP contribution >= 0.6 is 7.82 Å². The first-order chi connectivity index (χ1) is 7.00. The predicted molar refractivity (Wildman–Crippen MR) is 57.5 cm³/mol. The normalized spacial score (nSPS) is 9.84. The molecule has 0 amide bonds. The van der Waals surface area contributed by atoms with Crippen LogP contribution in [0.4, 0.5) is 0 Å². The molecule has 8 heteroatoms. The molecule has 4 nitrogen and oxygen atoms in total. The van der Waals surface area contributed by atoms with Gasteiger partial charge in [-0.2, -0.15) is 7.82 Å². The maximum absolute atomic E-state index is 8.55. The van der Waals surface area contributed by atoms with Gasteiger partial charge in [-0.25, -0.2) is 0 Å². The van der Waals surface area contributed by atoms with Gasteiger partial charge in [0.1, 0.15) is 0 Å². The molecule has 0 unspecified atom stereocenters. The minimum absolute atomic E-state index is 0. The van der Waals surface area contributed by atoms with E-state index in [1.165, 1.54) is 11.1 Å². The Morgan fingerprint density at radius 3 is 1.58 bits per heavy atom. The molecule has 0 atom stereocenters. The first-order valence-corrected chi connectivity index (χ1v) is 6.26. The minimum Gasteiger partial charge on any atom is -0.822 e. The van der Waals surface area contributed by atoms with Crippen LogP contribution in [0.2, 0.25) is 0 Å². The predicted octanol–water partition coefficient (Wildman–Crippen LogP) is -8.52. The SMILES string of the molecule is Cc1cccc(C(C)(C)C)c1.O=P([O-])([O-])[O-].[Na+].[Na+].[Na+]. The molecule has 0 fully saturated rings. The van der Waals surface area contributed by atoms with Crippen molar-refractivity contribution >= 4 is 7.82 Å². The van der Waals surface area contributed by atoms with Gasteiger partial charge < -0.3 is 19.2 Å². The Hall–Kier alpha value is 2.33. The summed E-state index contributed by atoms with van der Waals surface area (Å²) in [6, 6.07) is 8.69. The monoisotopic (exact) mass is 312 g/mol. The quantitative estimate of drug-likeness (QED) is 0.352. The van der Waals surface area contributed by atoms with E-state index in [1.807, 2.05) is 0 Å². The molecule has 0 aliphatic carbocycles. The molecule has 19 heavy (non-hydrogen) atoms. The summed E-state index contributed by atoms with van der Waals surface area (Å²) in [5, 5.41) is 0. The number of aryl methyl sites for hydroxylation is 1. The second-order valence-electron chi connectivity index (χ2n) is 4.57. The minimum atomic E-state index is -5.39. The Bertz CT molecular complexity index is 380. The molecule has 0 radical (unpaired) electrons. The van der Waals surface area contributed by atoms with Gasteiger partial charge in [0.15, 0.2) is 0 Å². The van der Waals surface area contributed by atoms with Crippen molar-refractivity contribution in [2.24, 2.45) is 0 Å². The van der Waals surface area contributed by atoms with Gasteiger partial charge in [0.25, 0.3) is 0 Å². The molecule has 0 saturated carbocycles. The number of rotatable bonds is 0. The van der Waals surface area contributed by atoms with E-state index in [0.717, 1.165) is 0 Å². The largest absolute Gasteiger partial charge is 1.00 e. The molecule has 0 spiro atoms. The van der Waals surface area contributed by atoms with E-state index >= 15 is 0 Å². The molecular formula is C11H16Na3O4P. The van der Waals surface area contributed by atoms with Crippen molar-refractivity contribution in [1.82, 2.24) is 0 Å². The smallest absolute Gasteiger partial charge is 0.822 e. The van der Waals surface area contributed by atoms with E-state index in [0.29, 0.717) is 0 Å². The van der Waals surface area contributed by atoms with Gasteiger partial charge in [-0.15, -0.1) is 0 Å². The van der Waals surface area contributed by atoms with Crippen LogP contribution < -0.4 is 103 Å². The maximum Gasteiger partial charge on any atom is 1.00 e. The van der Waals surface area contributed by atoms with Crippen LogP contribution in [-0.2, 0) is 9.98 Å². The average Bonchev–Trinajstić information content (AvgIpc) is 1.99. The first kappa shape index (κ1) is 29.4. The van der Waals surface area contributed by atoms with Crippen LogP contribution in [0, 0.1) is 6.92 Å². The molecule has 0 aromatic heterocycles. The summed E-state index contributed by atoms with van der Waals surface area (Å²) in [7, 11) is -5.39. The summed E-state index contributed by atoms with van der Waals surface area (Å²) in [5.74, 6) is 0. The molecule has 1 aromatic carbocycles. The molecule has 0 saturated heterocycles. The van der Waals surface area contributed by atoms with Gasteiger partial charge in [-0.1, -0.05) is 50.6 Å². The van der Waals surface area contributed by atoms with Crippen LogP contribution in [0.5, 0.6) is 0 Å². The fourth-order valence-electron chi connectivity index (χ4n) is 1.11. The van der Waals surface area contributed by atoms with E-state index in [4.69, 9.17) is 19.2 Å². The Kier molecular flexibility index (Phi) is 19.8. The zero-order valence-electron chi connectivity index (χ0n) is 12.9. The summed E-state index contributed by atoms with van der Waals surface area (Å²) in [5.41, 5.74) is 3.04. The number of phosphoric acid groups is 1. The molecule has 0 bridgehead atoms. The summed E-state index contributed by atoms with van der Waals surface area (Å²) >= 11 is 0. The van der Waals surface area contributed by atoms with E-state index in [1.54, 1.807) is 0 Å². The molecule has 0 heterocycles. The van der Waals surface area contributed by atoms with Crippen molar-refractivity contribution in [3.8, 4) is 0 Å². The fraction of sp³-hybridized carbons (Fsp3) is 0.455. The summed E-state index contributed by atoms with van der Waals surface area (Å²) in [4.78, 5) is 25.6. The Labute approximate surface area is 181 Å². The summed E-state index contributed by atoms with van der Waals surface area (Å²) in [6.45, 7) is 8.85. The summed E-state index contributed by atoms with van der Waals surface area (Å²) < 4.78 is 8.55. The second kappa shape index (κ2) is 12.8. The third-order valence-corrected chi connectivity index (χ3v) is 1.88. The van der Waals surface area contributed by atoms with Crippen LogP contribution in [0.25, 0.3) is 0 Å². The third-order valence-electron chi connectivity index (χ3n) is 1.88. The molecule has 0 aliphatic rings. The van der Waals surface area contributed by atoms with Gasteiger partial charge >= 0.3 is 88.7 Å². The number of benzene rings is 1. The topological polar surface area (TPSA) is 86.2 Å². The zero-order chi connectivity index (χ0) is 13.0. The van der Waals surface area contributed by atoms with Gasteiger partial charge in [0, 0.05) is 0 Å². The van der Waals surface area contributed by atoms with E-state index in [9.17, 15) is 0 Å². The van der Waals surface area contributed by atoms with Crippen LogP contribution in [0.1, 0.15) is 31.9 Å². The van der Waals surface area contributed by atoms with Gasteiger partial charge in [0.05, 0.1) is 0 Å². The van der Waals surface area contributed by atoms with Gasteiger partial charge in [-0.05, 0) is 17.9 Å². The number of hydrogen-bond acceptors (Lipinski definition) is 4. The second-order valence-corrected chi connectivity index (χ2v) is 5.46. The Morgan fingerprint density at radius 1 is 1.00 bits per heavy atom. The molecule has 1 aromatic rings. The van der Waals surface area contributed by atoms with Gasteiger partial charge in [0.2, 0.25) is 0 Å². The Morgan fingerprint density at radius 2 is 1.37 bits per heavy atom. The van der Waals surface area contributed by atoms with Crippen LogP contribution in [0.3, 0.4) is 0 Å². The van der Waals surface area contributed by atoms with Crippen molar-refractivity contribution in [2.75, 3.05) is 0 Å². The molecular weight excluding hydrogens is 296 g/mol. The average molecular weight is 312 g/mol. The van der Waals surface area contributed by atoms with Crippen molar-refractivity contribution in [3.05, 3.63) is 35.4 Å². The standard InChI is InChI=1S/C11H16.3Na.H3O4P/c1-9-6-5-7-10(8-9)11(2,3)4;;;;1-5(2,3)4/h5-8H,1-4H3;;;;(H3,1,2,3,4)/q;3*+1;/p-3. The van der Waals surface area contributed by atoms with Crippen LogP contribution in [0.15, 0.2) is 24.3 Å². The van der Waals surface area contributed by atoms with Crippen molar-refractivity contribution in [2.45, 2.75) is 33.1 Å². The van der Waals surface area contributed by atoms with E-state index < -0.39 is 7.82 Å². The first-order valence-electron chi connectivity index (χ1n) is 4.80. The fourth-order valence-corrected chi connectivity index (χ4v) is 1.11. The van der Waals surface area contributed by atoms with E-state index in [-0.39, 0.29) is 94.1 Å². The molecule has 0 aliphatic heterocycles. The molecule has 1 rings (SSSR count). The zero-order valence-corrected chi connectivity index (χ0v) is 19.8. The third kappa shape index (κ3) is 20.3. The molecule has 0 N–H and O–H groups in total. The Balaban J connectivity index is -0.000000125. The maximum atomic E-state index is 8.55. The van der Waals surface area contributed by atoms with E-state index in [2.05, 4.69) is 52.0 Å². The van der Waals surface area contributed by atoms with Crippen molar-refractivity contribution in [3.63, 3.8) is 0 Å². The van der Waals surface area contributed by atoms with Gasteiger partial charge in [-0.3, -0.25) is 0 Å². The number of hydrogen-bond donors (Lipinski definition) is 0. The molecule has 92 valence electrons.